The van der Waals surface area contributed by atoms with Gasteiger partial charge in [0, 0.05) is 19.5 Å². The summed E-state index contributed by atoms with van der Waals surface area (Å²) in [6.07, 6.45) is 1.57. The van der Waals surface area contributed by atoms with E-state index in [1.165, 1.54) is 4.80 Å². The van der Waals surface area contributed by atoms with E-state index < -0.39 is 5.97 Å². The van der Waals surface area contributed by atoms with Crippen LogP contribution in [0, 0.1) is 5.92 Å². The number of amides is 2. The van der Waals surface area contributed by atoms with Crippen LogP contribution < -0.4 is 5.32 Å². The standard InChI is InChI=1S/C10H16N6O3/c1-15-13-9(12-14-15)11-10(19)16-4-2-7(3-5-16)6-8(17)18/h7H,2-6H2,1H3,(H,17,18)(H,11,13,19). The largest absolute Gasteiger partial charge is 0.481 e. The first kappa shape index (κ1) is 13.2. The fraction of sp³-hybridized carbons (Fsp3) is 0.700. The van der Waals surface area contributed by atoms with Gasteiger partial charge in [-0.1, -0.05) is 5.10 Å². The Labute approximate surface area is 109 Å². The van der Waals surface area contributed by atoms with Gasteiger partial charge in [-0.2, -0.15) is 4.80 Å². The first-order chi connectivity index (χ1) is 9.04. The monoisotopic (exact) mass is 268 g/mol. The van der Waals surface area contributed by atoms with Crippen molar-refractivity contribution in [3.63, 3.8) is 0 Å². The van der Waals surface area contributed by atoms with Crippen molar-refractivity contribution in [3.8, 4) is 0 Å². The topological polar surface area (TPSA) is 113 Å². The fourth-order valence-corrected chi connectivity index (χ4v) is 2.10. The van der Waals surface area contributed by atoms with Crippen LogP contribution in [0.3, 0.4) is 0 Å². The third kappa shape index (κ3) is 3.63. The molecular weight excluding hydrogens is 252 g/mol. The highest BCUT2D eigenvalue weighted by Gasteiger charge is 2.24. The molecule has 1 fully saturated rings. The number of hydrogen-bond acceptors (Lipinski definition) is 5. The molecule has 0 aromatic carbocycles. The number of rotatable bonds is 3. The average molecular weight is 268 g/mol. The number of carboxylic acid groups (broad SMARTS) is 1. The molecule has 2 N–H and O–H groups in total. The summed E-state index contributed by atoms with van der Waals surface area (Å²) in [5.41, 5.74) is 0. The maximum atomic E-state index is 11.9. The summed E-state index contributed by atoms with van der Waals surface area (Å²) in [5, 5.41) is 22.4. The van der Waals surface area contributed by atoms with Crippen molar-refractivity contribution in [2.45, 2.75) is 19.3 Å². The molecule has 0 bridgehead atoms. The number of likely N-dealkylation sites (tertiary alicyclic amines) is 1. The quantitative estimate of drug-likeness (QED) is 0.793. The lowest BCUT2D eigenvalue weighted by atomic mass is 9.94. The third-order valence-corrected chi connectivity index (χ3v) is 3.09. The van der Waals surface area contributed by atoms with Gasteiger partial charge in [-0.25, -0.2) is 4.79 Å². The lowest BCUT2D eigenvalue weighted by molar-refractivity contribution is -0.138. The van der Waals surface area contributed by atoms with Gasteiger partial charge in [0.1, 0.15) is 0 Å². The maximum absolute atomic E-state index is 11.9. The minimum atomic E-state index is -0.785. The third-order valence-electron chi connectivity index (χ3n) is 3.09. The number of urea groups is 1. The summed E-state index contributed by atoms with van der Waals surface area (Å²) in [6.45, 7) is 1.09. The number of aryl methyl sites for hydroxylation is 1. The van der Waals surface area contributed by atoms with Gasteiger partial charge in [0.2, 0.25) is 0 Å². The highest BCUT2D eigenvalue weighted by Crippen LogP contribution is 2.20. The molecule has 0 radical (unpaired) electrons. The predicted molar refractivity (Wildman–Crippen MR) is 64.4 cm³/mol. The Morgan fingerprint density at radius 2 is 2.11 bits per heavy atom. The molecule has 1 aromatic rings. The number of tetrazole rings is 1. The number of aromatic nitrogens is 4. The van der Waals surface area contributed by atoms with Crippen LogP contribution in [0.4, 0.5) is 10.7 Å². The zero-order valence-corrected chi connectivity index (χ0v) is 10.6. The molecule has 1 saturated heterocycles. The molecule has 1 aliphatic rings. The molecule has 0 aliphatic carbocycles. The zero-order chi connectivity index (χ0) is 13.8. The smallest absolute Gasteiger partial charge is 0.324 e. The molecular formula is C10H16N6O3. The Kier molecular flexibility index (Phi) is 3.93. The van der Waals surface area contributed by atoms with Gasteiger partial charge in [-0.3, -0.25) is 10.1 Å². The number of carbonyl (C=O) groups is 2. The van der Waals surface area contributed by atoms with Gasteiger partial charge in [-0.05, 0) is 24.0 Å². The van der Waals surface area contributed by atoms with Crippen molar-refractivity contribution < 1.29 is 14.7 Å². The van der Waals surface area contributed by atoms with E-state index in [-0.39, 0.29) is 24.3 Å². The number of carbonyl (C=O) groups excluding carboxylic acids is 1. The normalized spacial score (nSPS) is 16.4. The number of carboxylic acids is 1. The molecule has 0 spiro atoms. The minimum Gasteiger partial charge on any atom is -0.481 e. The average Bonchev–Trinajstić information content (AvgIpc) is 2.75. The van der Waals surface area contributed by atoms with E-state index in [2.05, 4.69) is 20.7 Å². The highest BCUT2D eigenvalue weighted by molar-refractivity contribution is 5.87. The van der Waals surface area contributed by atoms with Crippen LogP contribution in [0.5, 0.6) is 0 Å². The van der Waals surface area contributed by atoms with Crippen molar-refractivity contribution in [1.82, 2.24) is 25.1 Å². The van der Waals surface area contributed by atoms with Crippen LogP contribution in [0.2, 0.25) is 0 Å². The Morgan fingerprint density at radius 3 is 2.63 bits per heavy atom. The molecule has 1 aromatic heterocycles. The van der Waals surface area contributed by atoms with E-state index in [1.54, 1.807) is 11.9 Å². The van der Waals surface area contributed by atoms with Crippen LogP contribution >= 0.6 is 0 Å². The first-order valence-corrected chi connectivity index (χ1v) is 6.06. The van der Waals surface area contributed by atoms with Crippen molar-refractivity contribution in [3.05, 3.63) is 0 Å². The lowest BCUT2D eigenvalue weighted by Gasteiger charge is -2.30. The van der Waals surface area contributed by atoms with Crippen LogP contribution in [0.1, 0.15) is 19.3 Å². The van der Waals surface area contributed by atoms with Gasteiger partial charge < -0.3 is 10.0 Å². The molecule has 0 saturated carbocycles. The van der Waals surface area contributed by atoms with Gasteiger partial charge in [0.05, 0.1) is 7.05 Å². The SMILES string of the molecule is Cn1nnc(NC(=O)N2CCC(CC(=O)O)CC2)n1. The molecule has 2 heterocycles. The van der Waals surface area contributed by atoms with Crippen molar-refractivity contribution in [1.29, 1.82) is 0 Å². The van der Waals surface area contributed by atoms with Crippen molar-refractivity contribution in [2.24, 2.45) is 13.0 Å². The van der Waals surface area contributed by atoms with Gasteiger partial charge in [-0.15, -0.1) is 5.10 Å². The summed E-state index contributed by atoms with van der Waals surface area (Å²) in [4.78, 5) is 25.4. The second-order valence-corrected chi connectivity index (χ2v) is 4.56. The van der Waals surface area contributed by atoms with Crippen LogP contribution in [0.15, 0.2) is 0 Å². The summed E-state index contributed by atoms with van der Waals surface area (Å²) < 4.78 is 0. The summed E-state index contributed by atoms with van der Waals surface area (Å²) in [6, 6.07) is -0.276. The Hall–Kier alpha value is -2.19. The number of piperidine rings is 1. The number of nitrogens with one attached hydrogen (secondary N) is 1. The zero-order valence-electron chi connectivity index (χ0n) is 10.6. The molecule has 2 amide bonds. The van der Waals surface area contributed by atoms with Gasteiger partial charge in [0.15, 0.2) is 0 Å². The minimum absolute atomic E-state index is 0.149. The molecule has 1 aliphatic heterocycles. The fourth-order valence-electron chi connectivity index (χ4n) is 2.10. The Balaban J connectivity index is 1.80. The molecule has 2 rings (SSSR count). The summed E-state index contributed by atoms with van der Waals surface area (Å²) in [7, 11) is 1.61. The Bertz CT molecular complexity index is 466. The molecule has 19 heavy (non-hydrogen) atoms. The van der Waals surface area contributed by atoms with E-state index in [0.29, 0.717) is 25.9 Å². The van der Waals surface area contributed by atoms with E-state index in [9.17, 15) is 9.59 Å². The molecule has 9 nitrogen and oxygen atoms in total. The predicted octanol–water partition coefficient (Wildman–Crippen LogP) is -0.0713. The number of hydrogen-bond donors (Lipinski definition) is 2. The van der Waals surface area contributed by atoms with E-state index >= 15 is 0 Å². The summed E-state index contributed by atoms with van der Waals surface area (Å²) in [5.74, 6) is -0.469. The van der Waals surface area contributed by atoms with E-state index in [0.717, 1.165) is 0 Å². The van der Waals surface area contributed by atoms with Crippen LogP contribution in [-0.4, -0.2) is 55.3 Å². The van der Waals surface area contributed by atoms with E-state index in [1.807, 2.05) is 0 Å². The first-order valence-electron chi connectivity index (χ1n) is 6.06. The van der Waals surface area contributed by atoms with Crippen molar-refractivity contribution >= 4 is 17.9 Å². The Morgan fingerprint density at radius 1 is 1.42 bits per heavy atom. The van der Waals surface area contributed by atoms with Gasteiger partial charge >= 0.3 is 12.0 Å². The molecule has 0 atom stereocenters. The molecule has 0 unspecified atom stereocenters. The summed E-state index contributed by atoms with van der Waals surface area (Å²) >= 11 is 0. The van der Waals surface area contributed by atoms with Crippen LogP contribution in [-0.2, 0) is 11.8 Å². The number of anilines is 1. The van der Waals surface area contributed by atoms with Crippen LogP contribution in [0.25, 0.3) is 0 Å². The maximum Gasteiger partial charge on any atom is 0.324 e. The lowest BCUT2D eigenvalue weighted by Crippen LogP contribution is -2.41. The van der Waals surface area contributed by atoms with E-state index in [4.69, 9.17) is 5.11 Å². The number of nitrogens with zero attached hydrogens (tertiary/aromatic N) is 5. The number of aliphatic carboxylic acids is 1. The molecule has 104 valence electrons. The molecule has 9 heteroatoms. The highest BCUT2D eigenvalue weighted by atomic mass is 16.4. The second kappa shape index (κ2) is 5.63. The van der Waals surface area contributed by atoms with Gasteiger partial charge in [0.25, 0.3) is 5.95 Å². The van der Waals surface area contributed by atoms with Crippen molar-refractivity contribution in [2.75, 3.05) is 18.4 Å². The second-order valence-electron chi connectivity index (χ2n) is 4.56.